The van der Waals surface area contributed by atoms with Gasteiger partial charge in [0.05, 0.1) is 5.92 Å². The first-order valence-corrected chi connectivity index (χ1v) is 5.99. The lowest BCUT2D eigenvalue weighted by molar-refractivity contribution is -0.180. The fourth-order valence-corrected chi connectivity index (χ4v) is 3.30. The fourth-order valence-electron chi connectivity index (χ4n) is 1.84. The van der Waals surface area contributed by atoms with Gasteiger partial charge in [0.2, 0.25) is 0 Å². The number of carbonyl (C=O) groups is 1. The summed E-state index contributed by atoms with van der Waals surface area (Å²) in [5.74, 6) is -1.34. The van der Waals surface area contributed by atoms with E-state index in [4.69, 9.17) is 0 Å². The summed E-state index contributed by atoms with van der Waals surface area (Å²) in [6, 6.07) is 0. The molecule has 5 heteroatoms. The van der Waals surface area contributed by atoms with Crippen molar-refractivity contribution in [1.29, 1.82) is 0 Å². The van der Waals surface area contributed by atoms with E-state index >= 15 is 0 Å². The zero-order chi connectivity index (χ0) is 11.6. The Bertz CT molecular complexity index is 237. The van der Waals surface area contributed by atoms with E-state index in [1.54, 1.807) is 0 Å². The highest BCUT2D eigenvalue weighted by atomic mass is 32.2. The number of thioether (sulfide) groups is 1. The second-order valence-corrected chi connectivity index (χ2v) is 5.97. The molecule has 1 saturated carbocycles. The third-order valence-electron chi connectivity index (χ3n) is 2.48. The first kappa shape index (κ1) is 12.9. The number of alkyl halides is 3. The van der Waals surface area contributed by atoms with Crippen LogP contribution in [0.4, 0.5) is 13.2 Å². The SMILES string of the molecule is CC(C)SC1CC(=O)CCC1C(F)(F)F. The Morgan fingerprint density at radius 3 is 2.47 bits per heavy atom. The summed E-state index contributed by atoms with van der Waals surface area (Å²) in [7, 11) is 0. The molecule has 0 aromatic carbocycles. The van der Waals surface area contributed by atoms with E-state index in [-0.39, 0.29) is 30.3 Å². The van der Waals surface area contributed by atoms with Gasteiger partial charge < -0.3 is 0 Å². The van der Waals surface area contributed by atoms with Gasteiger partial charge in [-0.1, -0.05) is 13.8 Å². The summed E-state index contributed by atoms with van der Waals surface area (Å²) in [5, 5.41) is -0.447. The molecular weight excluding hydrogens is 225 g/mol. The summed E-state index contributed by atoms with van der Waals surface area (Å²) >= 11 is 1.27. The van der Waals surface area contributed by atoms with Crippen LogP contribution in [0, 0.1) is 5.92 Å². The van der Waals surface area contributed by atoms with Crippen molar-refractivity contribution in [3.05, 3.63) is 0 Å². The van der Waals surface area contributed by atoms with Crippen LogP contribution < -0.4 is 0 Å². The maximum Gasteiger partial charge on any atom is 0.392 e. The minimum absolute atomic E-state index is 0.0337. The first-order chi connectivity index (χ1) is 6.80. The highest BCUT2D eigenvalue weighted by Crippen LogP contribution is 2.43. The predicted molar refractivity (Wildman–Crippen MR) is 54.9 cm³/mol. The molecule has 1 fully saturated rings. The van der Waals surface area contributed by atoms with Gasteiger partial charge in [0, 0.05) is 18.1 Å². The maximum atomic E-state index is 12.6. The predicted octanol–water partition coefficient (Wildman–Crippen LogP) is 3.43. The van der Waals surface area contributed by atoms with Crippen LogP contribution in [0.25, 0.3) is 0 Å². The Hall–Kier alpha value is -0.190. The van der Waals surface area contributed by atoms with E-state index in [0.29, 0.717) is 0 Å². The standard InChI is InChI=1S/C10H15F3OS/c1-6(2)15-9-5-7(14)3-4-8(9)10(11,12)13/h6,8-9H,3-5H2,1-2H3. The van der Waals surface area contributed by atoms with Gasteiger partial charge >= 0.3 is 6.18 Å². The molecule has 0 bridgehead atoms. The molecule has 1 aliphatic carbocycles. The molecule has 0 saturated heterocycles. The number of ketones is 1. The lowest BCUT2D eigenvalue weighted by Gasteiger charge is -2.32. The molecule has 0 amide bonds. The van der Waals surface area contributed by atoms with Crippen LogP contribution in [0.1, 0.15) is 33.1 Å². The molecule has 0 aromatic heterocycles. The number of carbonyl (C=O) groups excluding carboxylic acids is 1. The zero-order valence-electron chi connectivity index (χ0n) is 8.80. The first-order valence-electron chi connectivity index (χ1n) is 5.04. The summed E-state index contributed by atoms with van der Waals surface area (Å²) in [6.07, 6.45) is -4.04. The van der Waals surface area contributed by atoms with Crippen LogP contribution in [0.3, 0.4) is 0 Å². The molecule has 0 N–H and O–H groups in total. The molecule has 2 unspecified atom stereocenters. The summed E-state index contributed by atoms with van der Waals surface area (Å²) in [5.41, 5.74) is 0. The van der Waals surface area contributed by atoms with E-state index in [2.05, 4.69) is 0 Å². The van der Waals surface area contributed by atoms with Crippen LogP contribution in [0.15, 0.2) is 0 Å². The number of hydrogen-bond acceptors (Lipinski definition) is 2. The second kappa shape index (κ2) is 4.76. The molecule has 1 rings (SSSR count). The van der Waals surface area contributed by atoms with Crippen LogP contribution in [0.5, 0.6) is 0 Å². The molecule has 0 aliphatic heterocycles. The number of rotatable bonds is 2. The molecule has 15 heavy (non-hydrogen) atoms. The Morgan fingerprint density at radius 1 is 1.40 bits per heavy atom. The lowest BCUT2D eigenvalue weighted by atomic mass is 9.87. The van der Waals surface area contributed by atoms with Crippen molar-refractivity contribution >= 4 is 17.5 Å². The van der Waals surface area contributed by atoms with E-state index in [9.17, 15) is 18.0 Å². The van der Waals surface area contributed by atoms with Crippen LogP contribution in [-0.2, 0) is 4.79 Å². The average Bonchev–Trinajstić information content (AvgIpc) is 1.99. The molecule has 88 valence electrons. The van der Waals surface area contributed by atoms with Crippen molar-refractivity contribution in [2.45, 2.75) is 49.8 Å². The van der Waals surface area contributed by atoms with E-state index < -0.39 is 17.3 Å². The fraction of sp³-hybridized carbons (Fsp3) is 0.900. The highest BCUT2D eigenvalue weighted by molar-refractivity contribution is 8.00. The molecule has 0 spiro atoms. The van der Waals surface area contributed by atoms with Crippen molar-refractivity contribution in [2.75, 3.05) is 0 Å². The average molecular weight is 240 g/mol. The highest BCUT2D eigenvalue weighted by Gasteiger charge is 2.47. The van der Waals surface area contributed by atoms with E-state index in [0.717, 1.165) is 0 Å². The number of halogens is 3. The summed E-state index contributed by atoms with van der Waals surface area (Å²) in [6.45, 7) is 3.72. The molecule has 1 aliphatic rings. The topological polar surface area (TPSA) is 17.1 Å². The molecule has 1 nitrogen and oxygen atoms in total. The Kier molecular flexibility index (Phi) is 4.09. The monoisotopic (exact) mass is 240 g/mol. The van der Waals surface area contributed by atoms with Crippen molar-refractivity contribution in [1.82, 2.24) is 0 Å². The Balaban J connectivity index is 2.70. The van der Waals surface area contributed by atoms with Gasteiger partial charge in [-0.3, -0.25) is 4.79 Å². The van der Waals surface area contributed by atoms with Gasteiger partial charge in [-0.25, -0.2) is 0 Å². The minimum Gasteiger partial charge on any atom is -0.300 e. The second-order valence-electron chi connectivity index (χ2n) is 4.15. The molecule has 2 atom stereocenters. The molecule has 0 aromatic rings. The maximum absolute atomic E-state index is 12.6. The van der Waals surface area contributed by atoms with Gasteiger partial charge in [-0.2, -0.15) is 24.9 Å². The van der Waals surface area contributed by atoms with Crippen molar-refractivity contribution in [3.63, 3.8) is 0 Å². The zero-order valence-corrected chi connectivity index (χ0v) is 9.62. The smallest absolute Gasteiger partial charge is 0.300 e. The van der Waals surface area contributed by atoms with Crippen molar-refractivity contribution in [3.8, 4) is 0 Å². The third-order valence-corrected chi connectivity index (χ3v) is 3.87. The van der Waals surface area contributed by atoms with Gasteiger partial charge in [-0.15, -0.1) is 0 Å². The number of Topliss-reactive ketones (excluding diaryl/α,β-unsaturated/α-hetero) is 1. The van der Waals surface area contributed by atoms with Crippen molar-refractivity contribution < 1.29 is 18.0 Å². The number of hydrogen-bond donors (Lipinski definition) is 0. The quantitative estimate of drug-likeness (QED) is 0.735. The lowest BCUT2D eigenvalue weighted by Crippen LogP contribution is -2.38. The van der Waals surface area contributed by atoms with E-state index in [1.165, 1.54) is 11.8 Å². The Labute approximate surface area is 91.8 Å². The van der Waals surface area contributed by atoms with Gasteiger partial charge in [0.1, 0.15) is 5.78 Å². The minimum atomic E-state index is -4.16. The van der Waals surface area contributed by atoms with E-state index in [1.807, 2.05) is 13.8 Å². The summed E-state index contributed by atoms with van der Waals surface area (Å²) in [4.78, 5) is 11.1. The van der Waals surface area contributed by atoms with Crippen LogP contribution >= 0.6 is 11.8 Å². The van der Waals surface area contributed by atoms with Crippen molar-refractivity contribution in [2.24, 2.45) is 5.92 Å². The molecular formula is C10H15F3OS. The molecule has 0 heterocycles. The largest absolute Gasteiger partial charge is 0.392 e. The van der Waals surface area contributed by atoms with Gasteiger partial charge in [0.15, 0.2) is 0 Å². The normalized spacial score (nSPS) is 28.5. The molecule has 0 radical (unpaired) electrons. The third kappa shape index (κ3) is 3.70. The summed E-state index contributed by atoms with van der Waals surface area (Å²) < 4.78 is 37.9. The van der Waals surface area contributed by atoms with Crippen LogP contribution in [-0.4, -0.2) is 22.5 Å². The van der Waals surface area contributed by atoms with Crippen LogP contribution in [0.2, 0.25) is 0 Å². The van der Waals surface area contributed by atoms with Gasteiger partial charge in [-0.05, 0) is 11.7 Å². The Morgan fingerprint density at radius 2 is 2.00 bits per heavy atom. The van der Waals surface area contributed by atoms with Gasteiger partial charge in [0.25, 0.3) is 0 Å².